The quantitative estimate of drug-likeness (QED) is 0.823. The Balaban J connectivity index is 1.32. The van der Waals surface area contributed by atoms with Gasteiger partial charge in [0.1, 0.15) is 0 Å². The van der Waals surface area contributed by atoms with Gasteiger partial charge >= 0.3 is 0 Å². The lowest BCUT2D eigenvalue weighted by Gasteiger charge is -2.31. The van der Waals surface area contributed by atoms with Crippen molar-refractivity contribution in [3.8, 4) is 0 Å². The zero-order valence-corrected chi connectivity index (χ0v) is 13.9. The highest BCUT2D eigenvalue weighted by Crippen LogP contribution is 2.32. The van der Waals surface area contributed by atoms with Crippen LogP contribution in [0.5, 0.6) is 0 Å². The van der Waals surface area contributed by atoms with E-state index in [9.17, 15) is 0 Å². The summed E-state index contributed by atoms with van der Waals surface area (Å²) in [7, 11) is 0. The molecule has 0 radical (unpaired) electrons. The van der Waals surface area contributed by atoms with Gasteiger partial charge in [-0.25, -0.2) is 0 Å². The number of hydrogen-bond acceptors (Lipinski definition) is 2. The van der Waals surface area contributed by atoms with E-state index in [0.29, 0.717) is 0 Å². The Bertz CT molecular complexity index is 460. The second-order valence-corrected chi connectivity index (χ2v) is 6.97. The fraction of sp³-hybridized carbons (Fsp3) is 0.600. The van der Waals surface area contributed by atoms with Crippen molar-refractivity contribution in [2.45, 2.75) is 38.6 Å². The van der Waals surface area contributed by atoms with Crippen LogP contribution in [0.25, 0.3) is 6.08 Å². The third kappa shape index (κ3) is 4.69. The number of nitrogens with one attached hydrogen (secondary N) is 1. The zero-order valence-electron chi connectivity index (χ0n) is 13.9. The molecule has 0 bridgehead atoms. The molecule has 2 aliphatic rings. The lowest BCUT2D eigenvalue weighted by Crippen LogP contribution is -2.38. The molecule has 2 heteroatoms. The first-order chi connectivity index (χ1) is 10.8. The van der Waals surface area contributed by atoms with Crippen LogP contribution in [0, 0.1) is 11.8 Å². The van der Waals surface area contributed by atoms with E-state index in [1.807, 2.05) is 0 Å². The van der Waals surface area contributed by atoms with Gasteiger partial charge in [0.15, 0.2) is 0 Å². The van der Waals surface area contributed by atoms with Gasteiger partial charge in [0.25, 0.3) is 0 Å². The lowest BCUT2D eigenvalue weighted by atomic mass is 9.96. The highest BCUT2D eigenvalue weighted by atomic mass is 15.1. The molecule has 1 aromatic carbocycles. The molecule has 2 unspecified atom stereocenters. The first-order valence-corrected chi connectivity index (χ1v) is 9.04. The first-order valence-electron chi connectivity index (χ1n) is 9.04. The summed E-state index contributed by atoms with van der Waals surface area (Å²) in [4.78, 5) is 2.62. The van der Waals surface area contributed by atoms with Crippen LogP contribution in [0.15, 0.2) is 36.4 Å². The largest absolute Gasteiger partial charge is 0.313 e. The third-order valence-electron chi connectivity index (χ3n) is 5.09. The van der Waals surface area contributed by atoms with Crippen molar-refractivity contribution in [1.82, 2.24) is 10.2 Å². The summed E-state index contributed by atoms with van der Waals surface area (Å²) in [5, 5.41) is 3.79. The second kappa shape index (κ2) is 7.94. The van der Waals surface area contributed by atoms with E-state index >= 15 is 0 Å². The van der Waals surface area contributed by atoms with E-state index in [1.54, 1.807) is 0 Å². The Morgan fingerprint density at radius 2 is 1.95 bits per heavy atom. The van der Waals surface area contributed by atoms with Crippen LogP contribution < -0.4 is 5.32 Å². The number of piperidine rings is 1. The van der Waals surface area contributed by atoms with E-state index in [4.69, 9.17) is 0 Å². The van der Waals surface area contributed by atoms with E-state index in [-0.39, 0.29) is 0 Å². The van der Waals surface area contributed by atoms with Crippen LogP contribution in [0.2, 0.25) is 0 Å². The summed E-state index contributed by atoms with van der Waals surface area (Å²) < 4.78 is 0. The maximum Gasteiger partial charge on any atom is 0.0137 e. The Morgan fingerprint density at radius 1 is 1.18 bits per heavy atom. The first kappa shape index (κ1) is 15.8. The molecule has 1 aromatic rings. The molecule has 0 aromatic heterocycles. The van der Waals surface area contributed by atoms with Crippen molar-refractivity contribution in [3.63, 3.8) is 0 Å². The third-order valence-corrected chi connectivity index (χ3v) is 5.09. The standard InChI is InChI=1S/C20H30N2/c1-2-12-22-13-10-18(11-14-22)16-21-20-15-19(20)9-8-17-6-4-3-5-7-17/h3-9,18-21H,2,10-16H2,1H3/b9-8+. The van der Waals surface area contributed by atoms with Crippen LogP contribution in [-0.4, -0.2) is 37.1 Å². The van der Waals surface area contributed by atoms with Crippen LogP contribution >= 0.6 is 0 Å². The van der Waals surface area contributed by atoms with Crippen LogP contribution in [0.3, 0.4) is 0 Å². The summed E-state index contributed by atoms with van der Waals surface area (Å²) >= 11 is 0. The van der Waals surface area contributed by atoms with Gasteiger partial charge in [-0.05, 0) is 69.3 Å². The molecule has 1 saturated heterocycles. The SMILES string of the molecule is CCCN1CCC(CNC2CC2/C=C/c2ccccc2)CC1. The van der Waals surface area contributed by atoms with Crippen molar-refractivity contribution >= 4 is 6.08 Å². The van der Waals surface area contributed by atoms with E-state index in [1.165, 1.54) is 57.4 Å². The van der Waals surface area contributed by atoms with Crippen LogP contribution in [0.1, 0.15) is 38.2 Å². The molecule has 1 saturated carbocycles. The molecule has 0 spiro atoms. The number of hydrogen-bond donors (Lipinski definition) is 1. The van der Waals surface area contributed by atoms with Crippen molar-refractivity contribution in [2.24, 2.45) is 11.8 Å². The molecule has 2 nitrogen and oxygen atoms in total. The lowest BCUT2D eigenvalue weighted by molar-refractivity contribution is 0.182. The monoisotopic (exact) mass is 298 g/mol. The second-order valence-electron chi connectivity index (χ2n) is 6.97. The van der Waals surface area contributed by atoms with Gasteiger partial charge in [-0.1, -0.05) is 49.4 Å². The highest BCUT2D eigenvalue weighted by molar-refractivity contribution is 5.49. The molecule has 2 atom stereocenters. The minimum absolute atomic E-state index is 0.730. The predicted molar refractivity (Wildman–Crippen MR) is 94.8 cm³/mol. The fourth-order valence-electron chi connectivity index (χ4n) is 3.51. The van der Waals surface area contributed by atoms with Crippen molar-refractivity contribution in [3.05, 3.63) is 42.0 Å². The minimum Gasteiger partial charge on any atom is -0.313 e. The van der Waals surface area contributed by atoms with Crippen molar-refractivity contribution in [2.75, 3.05) is 26.2 Å². The molecular weight excluding hydrogens is 268 g/mol. The molecule has 3 rings (SSSR count). The van der Waals surface area contributed by atoms with E-state index in [0.717, 1.165) is 17.9 Å². The number of likely N-dealkylation sites (tertiary alicyclic amines) is 1. The summed E-state index contributed by atoms with van der Waals surface area (Å²) in [5.74, 6) is 1.65. The van der Waals surface area contributed by atoms with Gasteiger partial charge in [0.05, 0.1) is 0 Å². The topological polar surface area (TPSA) is 15.3 Å². The maximum absolute atomic E-state index is 3.79. The summed E-state index contributed by atoms with van der Waals surface area (Å²) in [6, 6.07) is 11.4. The predicted octanol–water partition coefficient (Wildman–Crippen LogP) is 3.80. The van der Waals surface area contributed by atoms with Gasteiger partial charge in [0.2, 0.25) is 0 Å². The Kier molecular flexibility index (Phi) is 5.69. The molecule has 22 heavy (non-hydrogen) atoms. The van der Waals surface area contributed by atoms with Gasteiger partial charge in [-0.3, -0.25) is 0 Å². The van der Waals surface area contributed by atoms with Gasteiger partial charge in [0, 0.05) is 6.04 Å². The Labute approximate surface area is 135 Å². The minimum atomic E-state index is 0.730. The molecule has 1 heterocycles. The zero-order chi connectivity index (χ0) is 15.2. The molecule has 1 aliphatic heterocycles. The molecule has 0 amide bonds. The van der Waals surface area contributed by atoms with Crippen LogP contribution in [-0.2, 0) is 0 Å². The average Bonchev–Trinajstić information content (AvgIpc) is 3.32. The molecule has 1 N–H and O–H groups in total. The Hall–Kier alpha value is -1.12. The maximum atomic E-state index is 3.79. The summed E-state index contributed by atoms with van der Waals surface area (Å²) in [5.41, 5.74) is 1.32. The Morgan fingerprint density at radius 3 is 2.68 bits per heavy atom. The normalized spacial score (nSPS) is 26.6. The smallest absolute Gasteiger partial charge is 0.0137 e. The van der Waals surface area contributed by atoms with Crippen LogP contribution in [0.4, 0.5) is 0 Å². The van der Waals surface area contributed by atoms with E-state index < -0.39 is 0 Å². The summed E-state index contributed by atoms with van der Waals surface area (Å²) in [6.07, 6.45) is 10.0. The molecule has 1 aliphatic carbocycles. The molecule has 2 fully saturated rings. The van der Waals surface area contributed by atoms with Crippen molar-refractivity contribution < 1.29 is 0 Å². The van der Waals surface area contributed by atoms with Gasteiger partial charge in [-0.2, -0.15) is 0 Å². The number of benzene rings is 1. The van der Waals surface area contributed by atoms with Gasteiger partial charge < -0.3 is 10.2 Å². The van der Waals surface area contributed by atoms with E-state index in [2.05, 4.69) is 59.6 Å². The number of nitrogens with zero attached hydrogens (tertiary/aromatic N) is 1. The average molecular weight is 298 g/mol. The fourth-order valence-corrected chi connectivity index (χ4v) is 3.51. The highest BCUT2D eigenvalue weighted by Gasteiger charge is 2.34. The van der Waals surface area contributed by atoms with Gasteiger partial charge in [-0.15, -0.1) is 0 Å². The number of rotatable bonds is 7. The molecular formula is C20H30N2. The summed E-state index contributed by atoms with van der Waals surface area (Å²) in [6.45, 7) is 7.41. The molecule has 120 valence electrons. The van der Waals surface area contributed by atoms with Crippen molar-refractivity contribution in [1.29, 1.82) is 0 Å².